The number of sulfonamides is 1. The number of likely N-dealkylation sites (tertiary alicyclic amines) is 1. The van der Waals surface area contributed by atoms with E-state index in [-0.39, 0.29) is 11.4 Å². The Morgan fingerprint density at radius 3 is 2.83 bits per heavy atom. The largest absolute Gasteiger partial charge is 0.465 e. The van der Waals surface area contributed by atoms with Gasteiger partial charge in [-0.2, -0.15) is 0 Å². The summed E-state index contributed by atoms with van der Waals surface area (Å²) in [5.41, 5.74) is -0.0840. The van der Waals surface area contributed by atoms with Gasteiger partial charge in [-0.25, -0.2) is 13.1 Å². The molecule has 1 aromatic rings. The highest BCUT2D eigenvalue weighted by Gasteiger charge is 2.52. The van der Waals surface area contributed by atoms with Gasteiger partial charge in [0.05, 0.1) is 17.9 Å². The van der Waals surface area contributed by atoms with Gasteiger partial charge in [0.15, 0.2) is 0 Å². The summed E-state index contributed by atoms with van der Waals surface area (Å²) in [6.45, 7) is 7.50. The Labute approximate surface area is 138 Å². The van der Waals surface area contributed by atoms with E-state index in [4.69, 9.17) is 9.15 Å². The normalized spacial score (nSPS) is 24.2. The Morgan fingerprint density at radius 1 is 1.39 bits per heavy atom. The summed E-state index contributed by atoms with van der Waals surface area (Å²) in [6, 6.07) is 4.01. The minimum absolute atomic E-state index is 0.0840. The smallest absolute Gasteiger partial charge is 0.211 e. The number of hydrogen-bond donors (Lipinski definition) is 1. The Balaban J connectivity index is 1.48. The second kappa shape index (κ2) is 6.55. The zero-order valence-corrected chi connectivity index (χ0v) is 14.7. The van der Waals surface area contributed by atoms with E-state index in [1.807, 2.05) is 19.1 Å². The molecule has 2 aliphatic rings. The van der Waals surface area contributed by atoms with Crippen LogP contribution in [0.1, 0.15) is 31.3 Å². The molecular weight excluding hydrogens is 316 g/mol. The zero-order chi connectivity index (χ0) is 16.5. The summed E-state index contributed by atoms with van der Waals surface area (Å²) < 4.78 is 37.3. The maximum atomic E-state index is 11.5. The topological polar surface area (TPSA) is 71.8 Å². The molecular formula is C16H26N2O4S. The molecule has 0 saturated carbocycles. The van der Waals surface area contributed by atoms with Gasteiger partial charge in [0.2, 0.25) is 10.0 Å². The summed E-state index contributed by atoms with van der Waals surface area (Å²) in [5, 5.41) is 0. The lowest BCUT2D eigenvalue weighted by atomic mass is 9.79. The van der Waals surface area contributed by atoms with Crippen molar-refractivity contribution in [3.05, 3.63) is 23.7 Å². The van der Waals surface area contributed by atoms with Crippen LogP contribution >= 0.6 is 0 Å². The Kier molecular flexibility index (Phi) is 4.83. The fourth-order valence-electron chi connectivity index (χ4n) is 3.65. The molecule has 0 aromatic carbocycles. The van der Waals surface area contributed by atoms with Crippen LogP contribution in [-0.4, -0.2) is 50.9 Å². The van der Waals surface area contributed by atoms with Crippen molar-refractivity contribution in [2.45, 2.75) is 38.8 Å². The van der Waals surface area contributed by atoms with Gasteiger partial charge in [-0.3, -0.25) is 4.90 Å². The molecule has 3 heterocycles. The highest BCUT2D eigenvalue weighted by molar-refractivity contribution is 7.89. The summed E-state index contributed by atoms with van der Waals surface area (Å²) in [6.07, 6.45) is 1.86. The molecule has 0 radical (unpaired) electrons. The maximum Gasteiger partial charge on any atom is 0.211 e. The molecule has 1 spiro atoms. The van der Waals surface area contributed by atoms with E-state index >= 15 is 0 Å². The number of furan rings is 1. The lowest BCUT2D eigenvalue weighted by Crippen LogP contribution is -2.64. The molecule has 23 heavy (non-hydrogen) atoms. The molecule has 1 aromatic heterocycles. The molecule has 2 fully saturated rings. The highest BCUT2D eigenvalue weighted by Crippen LogP contribution is 2.42. The molecule has 0 aliphatic carbocycles. The second-order valence-corrected chi connectivity index (χ2v) is 8.74. The van der Waals surface area contributed by atoms with Crippen LogP contribution in [0.5, 0.6) is 0 Å². The van der Waals surface area contributed by atoms with Gasteiger partial charge in [0, 0.05) is 26.2 Å². The molecule has 1 unspecified atom stereocenters. The number of nitrogens with one attached hydrogen (secondary N) is 1. The highest BCUT2D eigenvalue weighted by atomic mass is 32.2. The van der Waals surface area contributed by atoms with Gasteiger partial charge in [0.1, 0.15) is 11.5 Å². The average molecular weight is 342 g/mol. The zero-order valence-electron chi connectivity index (χ0n) is 13.9. The number of aryl methyl sites for hydroxylation is 1. The van der Waals surface area contributed by atoms with Crippen molar-refractivity contribution in [2.24, 2.45) is 5.92 Å². The number of rotatable bonds is 7. The molecule has 1 atom stereocenters. The van der Waals surface area contributed by atoms with Crippen molar-refractivity contribution in [3.63, 3.8) is 0 Å². The first-order chi connectivity index (χ1) is 10.9. The van der Waals surface area contributed by atoms with Gasteiger partial charge < -0.3 is 9.15 Å². The average Bonchev–Trinajstić information content (AvgIpc) is 3.06. The van der Waals surface area contributed by atoms with Gasteiger partial charge in [-0.1, -0.05) is 0 Å². The third-order valence-corrected chi connectivity index (χ3v) is 6.36. The third kappa shape index (κ3) is 3.79. The first-order valence-corrected chi connectivity index (χ1v) is 9.97. The molecule has 6 nitrogen and oxygen atoms in total. The van der Waals surface area contributed by atoms with Crippen LogP contribution < -0.4 is 4.72 Å². The minimum Gasteiger partial charge on any atom is -0.465 e. The van der Waals surface area contributed by atoms with E-state index in [9.17, 15) is 8.42 Å². The molecule has 7 heteroatoms. The van der Waals surface area contributed by atoms with Gasteiger partial charge in [0.25, 0.3) is 0 Å². The van der Waals surface area contributed by atoms with E-state index in [1.165, 1.54) is 0 Å². The number of ether oxygens (including phenoxy) is 1. The Bertz CT molecular complexity index is 634. The van der Waals surface area contributed by atoms with E-state index in [1.54, 1.807) is 6.92 Å². The van der Waals surface area contributed by atoms with Crippen LogP contribution in [0, 0.1) is 12.8 Å². The number of nitrogens with zero attached hydrogens (tertiary/aromatic N) is 1. The molecule has 2 saturated heterocycles. The van der Waals surface area contributed by atoms with Crippen molar-refractivity contribution in [2.75, 3.05) is 32.0 Å². The van der Waals surface area contributed by atoms with Crippen molar-refractivity contribution < 1.29 is 17.6 Å². The van der Waals surface area contributed by atoms with Crippen LogP contribution in [-0.2, 0) is 21.3 Å². The quantitative estimate of drug-likeness (QED) is 0.813. The minimum atomic E-state index is -3.10. The van der Waals surface area contributed by atoms with Crippen molar-refractivity contribution in [1.29, 1.82) is 0 Å². The van der Waals surface area contributed by atoms with Gasteiger partial charge in [-0.15, -0.1) is 0 Å². The maximum absolute atomic E-state index is 11.5. The van der Waals surface area contributed by atoms with Crippen molar-refractivity contribution >= 4 is 10.0 Å². The van der Waals surface area contributed by atoms with E-state index in [2.05, 4.69) is 9.62 Å². The molecule has 0 bridgehead atoms. The predicted molar refractivity (Wildman–Crippen MR) is 87.6 cm³/mol. The van der Waals surface area contributed by atoms with E-state index in [0.29, 0.717) is 12.5 Å². The van der Waals surface area contributed by atoms with Crippen molar-refractivity contribution in [3.8, 4) is 0 Å². The SMILES string of the molecule is CCS(=O)(=O)NCCC1CCOC12CN(Cc1ccc(C)o1)C2. The summed E-state index contributed by atoms with van der Waals surface area (Å²) in [5.74, 6) is 2.49. The van der Waals surface area contributed by atoms with Crippen LogP contribution in [0.4, 0.5) is 0 Å². The fraction of sp³-hybridized carbons (Fsp3) is 0.750. The lowest BCUT2D eigenvalue weighted by molar-refractivity contribution is -0.138. The molecule has 1 N–H and O–H groups in total. The molecule has 0 amide bonds. The summed E-state index contributed by atoms with van der Waals surface area (Å²) in [7, 11) is -3.10. The second-order valence-electron chi connectivity index (χ2n) is 6.64. The molecule has 130 valence electrons. The Morgan fingerprint density at radius 2 is 2.17 bits per heavy atom. The van der Waals surface area contributed by atoms with Crippen LogP contribution in [0.25, 0.3) is 0 Å². The van der Waals surface area contributed by atoms with Crippen molar-refractivity contribution in [1.82, 2.24) is 9.62 Å². The monoisotopic (exact) mass is 342 g/mol. The van der Waals surface area contributed by atoms with Crippen LogP contribution in [0.3, 0.4) is 0 Å². The van der Waals surface area contributed by atoms with Crippen LogP contribution in [0.15, 0.2) is 16.5 Å². The molecule has 3 rings (SSSR count). The first-order valence-electron chi connectivity index (χ1n) is 8.31. The molecule has 2 aliphatic heterocycles. The number of hydrogen-bond acceptors (Lipinski definition) is 5. The lowest BCUT2D eigenvalue weighted by Gasteiger charge is -2.50. The standard InChI is InChI=1S/C16H26N2O4S/c1-3-23(19,20)17-8-6-14-7-9-21-16(14)11-18(12-16)10-15-5-4-13(2)22-15/h4-5,14,17H,3,6-12H2,1-2H3. The first kappa shape index (κ1) is 17.0. The van der Waals surface area contributed by atoms with E-state index in [0.717, 1.165) is 50.6 Å². The fourth-order valence-corrected chi connectivity index (χ4v) is 4.28. The summed E-state index contributed by atoms with van der Waals surface area (Å²) >= 11 is 0. The summed E-state index contributed by atoms with van der Waals surface area (Å²) in [4.78, 5) is 2.33. The predicted octanol–water partition coefficient (Wildman–Crippen LogP) is 1.51. The van der Waals surface area contributed by atoms with Gasteiger partial charge in [-0.05, 0) is 44.7 Å². The van der Waals surface area contributed by atoms with Crippen LogP contribution in [0.2, 0.25) is 0 Å². The van der Waals surface area contributed by atoms with Gasteiger partial charge >= 0.3 is 0 Å². The van der Waals surface area contributed by atoms with E-state index < -0.39 is 10.0 Å². The third-order valence-electron chi connectivity index (χ3n) is 4.95. The Hall–Kier alpha value is -0.890.